The van der Waals surface area contributed by atoms with Gasteiger partial charge in [0.15, 0.2) is 5.82 Å². The van der Waals surface area contributed by atoms with Gasteiger partial charge in [0.1, 0.15) is 0 Å². The Hall–Kier alpha value is -2.47. The lowest BCUT2D eigenvalue weighted by Gasteiger charge is -2.49. The average Bonchev–Trinajstić information content (AvgIpc) is 3.48. The Labute approximate surface area is 159 Å². The lowest BCUT2D eigenvalue weighted by molar-refractivity contribution is -0.121. The van der Waals surface area contributed by atoms with Gasteiger partial charge in [-0.1, -0.05) is 24.3 Å². The number of benzene rings is 1. The van der Waals surface area contributed by atoms with Gasteiger partial charge in [-0.3, -0.25) is 4.79 Å². The quantitative estimate of drug-likeness (QED) is 0.782. The SMILES string of the molecule is Cc1ccc(N2CC(CO)(CNC(=O)Cc3ccc(C4CC4)cc3)C2)nn1. The van der Waals surface area contributed by atoms with Gasteiger partial charge in [0.25, 0.3) is 0 Å². The number of hydrogen-bond acceptors (Lipinski definition) is 5. The van der Waals surface area contributed by atoms with Crippen molar-refractivity contribution in [3.8, 4) is 0 Å². The number of amides is 1. The van der Waals surface area contributed by atoms with Crippen molar-refractivity contribution in [3.63, 3.8) is 0 Å². The van der Waals surface area contributed by atoms with E-state index in [0.717, 1.165) is 23.0 Å². The molecule has 1 saturated heterocycles. The van der Waals surface area contributed by atoms with Crippen LogP contribution in [0.25, 0.3) is 0 Å². The molecule has 0 unspecified atom stereocenters. The molecule has 1 amide bonds. The smallest absolute Gasteiger partial charge is 0.224 e. The Kier molecular flexibility index (Phi) is 4.83. The third-order valence-electron chi connectivity index (χ3n) is 5.55. The fraction of sp³-hybridized carbons (Fsp3) is 0.476. The Morgan fingerprint density at radius 1 is 1.19 bits per heavy atom. The number of hydrogen-bond donors (Lipinski definition) is 2. The number of aryl methyl sites for hydroxylation is 1. The molecule has 6 heteroatoms. The number of aliphatic hydroxyl groups is 1. The monoisotopic (exact) mass is 366 g/mol. The van der Waals surface area contributed by atoms with Gasteiger partial charge in [0.05, 0.1) is 18.7 Å². The first-order valence-electron chi connectivity index (χ1n) is 9.59. The molecule has 6 nitrogen and oxygen atoms in total. The zero-order valence-corrected chi connectivity index (χ0v) is 15.7. The maximum absolute atomic E-state index is 12.3. The molecule has 4 rings (SSSR count). The summed E-state index contributed by atoms with van der Waals surface area (Å²) in [4.78, 5) is 14.4. The zero-order chi connectivity index (χ0) is 18.9. The zero-order valence-electron chi connectivity index (χ0n) is 15.7. The molecule has 0 radical (unpaired) electrons. The number of nitrogens with one attached hydrogen (secondary N) is 1. The predicted octanol–water partition coefficient (Wildman–Crippen LogP) is 1.82. The molecule has 0 bridgehead atoms. The van der Waals surface area contributed by atoms with Gasteiger partial charge in [0, 0.05) is 25.0 Å². The molecule has 1 aliphatic heterocycles. The number of aromatic nitrogens is 2. The van der Waals surface area contributed by atoms with E-state index in [9.17, 15) is 9.90 Å². The molecule has 2 aromatic rings. The van der Waals surface area contributed by atoms with E-state index in [2.05, 4.69) is 44.7 Å². The van der Waals surface area contributed by atoms with Gasteiger partial charge in [-0.2, -0.15) is 5.10 Å². The fourth-order valence-electron chi connectivity index (χ4n) is 3.61. The topological polar surface area (TPSA) is 78.4 Å². The van der Waals surface area contributed by atoms with Crippen molar-refractivity contribution in [3.05, 3.63) is 53.2 Å². The largest absolute Gasteiger partial charge is 0.396 e. The van der Waals surface area contributed by atoms with Crippen LogP contribution in [0.15, 0.2) is 36.4 Å². The van der Waals surface area contributed by atoms with Crippen molar-refractivity contribution >= 4 is 11.7 Å². The highest BCUT2D eigenvalue weighted by atomic mass is 16.3. The van der Waals surface area contributed by atoms with Gasteiger partial charge in [-0.25, -0.2) is 0 Å². The summed E-state index contributed by atoms with van der Waals surface area (Å²) in [7, 11) is 0. The normalized spacial score (nSPS) is 18.1. The van der Waals surface area contributed by atoms with Crippen molar-refractivity contribution in [1.29, 1.82) is 0 Å². The fourth-order valence-corrected chi connectivity index (χ4v) is 3.61. The lowest BCUT2D eigenvalue weighted by atomic mass is 9.80. The highest BCUT2D eigenvalue weighted by Gasteiger charge is 2.43. The highest BCUT2D eigenvalue weighted by molar-refractivity contribution is 5.78. The summed E-state index contributed by atoms with van der Waals surface area (Å²) >= 11 is 0. The highest BCUT2D eigenvalue weighted by Crippen LogP contribution is 2.39. The minimum Gasteiger partial charge on any atom is -0.396 e. The molecule has 2 fully saturated rings. The van der Waals surface area contributed by atoms with E-state index in [1.54, 1.807) is 0 Å². The van der Waals surface area contributed by atoms with E-state index in [0.29, 0.717) is 26.1 Å². The van der Waals surface area contributed by atoms with Crippen LogP contribution in [0.1, 0.15) is 35.6 Å². The first-order chi connectivity index (χ1) is 13.1. The van der Waals surface area contributed by atoms with Crippen molar-refractivity contribution in [2.45, 2.75) is 32.1 Å². The number of rotatable bonds is 7. The van der Waals surface area contributed by atoms with Gasteiger partial charge < -0.3 is 15.3 Å². The van der Waals surface area contributed by atoms with Gasteiger partial charge in [0.2, 0.25) is 5.91 Å². The summed E-state index contributed by atoms with van der Waals surface area (Å²) in [6, 6.07) is 12.3. The molecule has 0 spiro atoms. The van der Waals surface area contributed by atoms with E-state index in [1.165, 1.54) is 18.4 Å². The molecule has 0 atom stereocenters. The van der Waals surface area contributed by atoms with Crippen LogP contribution in [0.3, 0.4) is 0 Å². The number of carbonyl (C=O) groups is 1. The molecule has 2 aliphatic rings. The van der Waals surface area contributed by atoms with Crippen LogP contribution in [0.5, 0.6) is 0 Å². The van der Waals surface area contributed by atoms with Crippen LogP contribution in [0.2, 0.25) is 0 Å². The van der Waals surface area contributed by atoms with E-state index in [4.69, 9.17) is 0 Å². The minimum atomic E-state index is -0.307. The third-order valence-corrected chi connectivity index (χ3v) is 5.55. The Morgan fingerprint density at radius 2 is 1.93 bits per heavy atom. The summed E-state index contributed by atoms with van der Waals surface area (Å²) in [6.45, 7) is 3.74. The van der Waals surface area contributed by atoms with Crippen LogP contribution < -0.4 is 10.2 Å². The Morgan fingerprint density at radius 3 is 2.52 bits per heavy atom. The van der Waals surface area contributed by atoms with E-state index < -0.39 is 0 Å². The van der Waals surface area contributed by atoms with Crippen molar-refractivity contribution < 1.29 is 9.90 Å². The van der Waals surface area contributed by atoms with Crippen LogP contribution >= 0.6 is 0 Å². The van der Waals surface area contributed by atoms with Crippen molar-refractivity contribution in [2.75, 3.05) is 31.1 Å². The predicted molar refractivity (Wildman–Crippen MR) is 104 cm³/mol. The summed E-state index contributed by atoms with van der Waals surface area (Å²) in [5.74, 6) is 1.54. The standard InChI is InChI=1S/C21H26N4O2/c1-15-2-9-19(24-23-15)25-12-21(13-25,14-26)11-22-20(27)10-16-3-5-17(6-4-16)18-7-8-18/h2-6,9,18,26H,7-8,10-14H2,1H3,(H,22,27). The lowest BCUT2D eigenvalue weighted by Crippen LogP contribution is -2.63. The maximum Gasteiger partial charge on any atom is 0.224 e. The third kappa shape index (κ3) is 4.11. The van der Waals surface area contributed by atoms with Crippen molar-refractivity contribution in [1.82, 2.24) is 15.5 Å². The molecule has 27 heavy (non-hydrogen) atoms. The molecule has 1 aromatic heterocycles. The second kappa shape index (κ2) is 7.27. The van der Waals surface area contributed by atoms with Crippen LogP contribution in [-0.4, -0.2) is 47.5 Å². The molecular weight excluding hydrogens is 340 g/mol. The molecule has 1 aromatic carbocycles. The van der Waals surface area contributed by atoms with E-state index >= 15 is 0 Å². The second-order valence-corrected chi connectivity index (χ2v) is 8.02. The summed E-state index contributed by atoms with van der Waals surface area (Å²) in [6.07, 6.45) is 2.95. The van der Waals surface area contributed by atoms with Gasteiger partial charge in [-0.15, -0.1) is 5.10 Å². The van der Waals surface area contributed by atoms with Crippen LogP contribution in [-0.2, 0) is 11.2 Å². The molecule has 142 valence electrons. The number of aliphatic hydroxyl groups excluding tert-OH is 1. The molecule has 1 aliphatic carbocycles. The maximum atomic E-state index is 12.3. The molecular formula is C21H26N4O2. The van der Waals surface area contributed by atoms with Crippen molar-refractivity contribution in [2.24, 2.45) is 5.41 Å². The molecule has 2 heterocycles. The number of anilines is 1. The van der Waals surface area contributed by atoms with E-state index in [1.807, 2.05) is 19.1 Å². The average molecular weight is 366 g/mol. The van der Waals surface area contributed by atoms with E-state index in [-0.39, 0.29) is 17.9 Å². The summed E-state index contributed by atoms with van der Waals surface area (Å²) in [5, 5.41) is 21.1. The van der Waals surface area contributed by atoms with Gasteiger partial charge >= 0.3 is 0 Å². The van der Waals surface area contributed by atoms with Gasteiger partial charge in [-0.05, 0) is 48.9 Å². The second-order valence-electron chi connectivity index (χ2n) is 8.02. The Balaban J connectivity index is 1.26. The summed E-state index contributed by atoms with van der Waals surface area (Å²) in [5.41, 5.74) is 2.98. The minimum absolute atomic E-state index is 0.00410. The number of nitrogens with zero attached hydrogens (tertiary/aromatic N) is 3. The Bertz CT molecular complexity index is 794. The first kappa shape index (κ1) is 17.9. The number of carbonyl (C=O) groups excluding carboxylic acids is 1. The first-order valence-corrected chi connectivity index (χ1v) is 9.59. The summed E-state index contributed by atoms with van der Waals surface area (Å²) < 4.78 is 0. The molecule has 2 N–H and O–H groups in total. The molecule has 1 saturated carbocycles. The van der Waals surface area contributed by atoms with Crippen LogP contribution in [0, 0.1) is 12.3 Å². The van der Waals surface area contributed by atoms with Crippen LogP contribution in [0.4, 0.5) is 5.82 Å².